The molecular weight excluding hydrogens is 192 g/mol. The van der Waals surface area contributed by atoms with Crippen LogP contribution in [0.3, 0.4) is 0 Å². The van der Waals surface area contributed by atoms with Crippen molar-refractivity contribution in [2.45, 2.75) is 39.2 Å². The monoisotopic (exact) mass is 214 g/mol. The van der Waals surface area contributed by atoms with E-state index in [2.05, 4.69) is 4.90 Å². The van der Waals surface area contributed by atoms with Gasteiger partial charge in [0.1, 0.15) is 12.8 Å². The molecule has 0 bridgehead atoms. The maximum atomic E-state index is 11.5. The first kappa shape index (κ1) is 12.5. The lowest BCUT2D eigenvalue weighted by Crippen LogP contribution is -2.40. The number of ether oxygens (including phenoxy) is 1. The van der Waals surface area contributed by atoms with Crippen LogP contribution in [0.1, 0.15) is 33.1 Å². The Morgan fingerprint density at radius 1 is 1.33 bits per heavy atom. The summed E-state index contributed by atoms with van der Waals surface area (Å²) in [5.41, 5.74) is 5.68. The standard InChI is InChI=1S/C11H22N2O2/c1-9(2)10(12)11(14)15-8-13-6-4-3-5-7-13/h9-10H,3-8,12H2,1-2H3/t10-/m0/s1. The predicted molar refractivity (Wildman–Crippen MR) is 59.2 cm³/mol. The van der Waals surface area contributed by atoms with Gasteiger partial charge >= 0.3 is 5.97 Å². The van der Waals surface area contributed by atoms with Crippen LogP contribution < -0.4 is 5.73 Å². The Bertz CT molecular complexity index is 201. The quantitative estimate of drug-likeness (QED) is 0.708. The van der Waals surface area contributed by atoms with Gasteiger partial charge < -0.3 is 10.5 Å². The van der Waals surface area contributed by atoms with Crippen molar-refractivity contribution in [2.24, 2.45) is 11.7 Å². The zero-order valence-electron chi connectivity index (χ0n) is 9.74. The fourth-order valence-electron chi connectivity index (χ4n) is 1.61. The summed E-state index contributed by atoms with van der Waals surface area (Å²) in [6.07, 6.45) is 3.69. The molecule has 15 heavy (non-hydrogen) atoms. The van der Waals surface area contributed by atoms with Crippen LogP contribution in [0.15, 0.2) is 0 Å². The molecule has 2 N–H and O–H groups in total. The van der Waals surface area contributed by atoms with Crippen molar-refractivity contribution in [3.63, 3.8) is 0 Å². The van der Waals surface area contributed by atoms with Gasteiger partial charge in [-0.1, -0.05) is 20.3 Å². The molecule has 1 atom stereocenters. The SMILES string of the molecule is CC(C)[C@H](N)C(=O)OCN1CCCCC1. The number of piperidine rings is 1. The van der Waals surface area contributed by atoms with Gasteiger partial charge in [-0.05, 0) is 18.8 Å². The Kier molecular flexibility index (Phi) is 5.05. The van der Waals surface area contributed by atoms with Crippen LogP contribution in [0.2, 0.25) is 0 Å². The molecule has 0 radical (unpaired) electrons. The van der Waals surface area contributed by atoms with Gasteiger partial charge in [-0.3, -0.25) is 9.69 Å². The number of likely N-dealkylation sites (tertiary alicyclic amines) is 1. The number of rotatable bonds is 4. The second-order valence-corrected chi connectivity index (χ2v) is 4.54. The highest BCUT2D eigenvalue weighted by Crippen LogP contribution is 2.08. The molecule has 1 rings (SSSR count). The van der Waals surface area contributed by atoms with E-state index in [-0.39, 0.29) is 11.9 Å². The summed E-state index contributed by atoms with van der Waals surface area (Å²) >= 11 is 0. The van der Waals surface area contributed by atoms with Crippen LogP contribution in [0.25, 0.3) is 0 Å². The number of nitrogens with two attached hydrogens (primary N) is 1. The first-order valence-corrected chi connectivity index (χ1v) is 5.76. The van der Waals surface area contributed by atoms with Crippen molar-refractivity contribution < 1.29 is 9.53 Å². The van der Waals surface area contributed by atoms with E-state index >= 15 is 0 Å². The van der Waals surface area contributed by atoms with Crippen molar-refractivity contribution in [1.29, 1.82) is 0 Å². The molecule has 1 aliphatic rings. The van der Waals surface area contributed by atoms with Crippen molar-refractivity contribution in [2.75, 3.05) is 19.8 Å². The third-order valence-electron chi connectivity index (χ3n) is 2.83. The number of carbonyl (C=O) groups excluding carboxylic acids is 1. The van der Waals surface area contributed by atoms with Crippen molar-refractivity contribution >= 4 is 5.97 Å². The highest BCUT2D eigenvalue weighted by Gasteiger charge is 2.20. The Labute approximate surface area is 91.8 Å². The second-order valence-electron chi connectivity index (χ2n) is 4.54. The lowest BCUT2D eigenvalue weighted by Gasteiger charge is -2.26. The molecule has 1 heterocycles. The average Bonchev–Trinajstić information content (AvgIpc) is 2.26. The Balaban J connectivity index is 2.20. The highest BCUT2D eigenvalue weighted by atomic mass is 16.5. The minimum Gasteiger partial charge on any atom is -0.448 e. The molecule has 88 valence electrons. The molecule has 0 aromatic heterocycles. The Morgan fingerprint density at radius 3 is 2.47 bits per heavy atom. The van der Waals surface area contributed by atoms with Gasteiger partial charge in [0.05, 0.1) is 0 Å². The van der Waals surface area contributed by atoms with E-state index in [9.17, 15) is 4.79 Å². The van der Waals surface area contributed by atoms with Gasteiger partial charge in [-0.2, -0.15) is 0 Å². The minimum absolute atomic E-state index is 0.138. The Morgan fingerprint density at radius 2 is 1.93 bits per heavy atom. The van der Waals surface area contributed by atoms with Crippen LogP contribution >= 0.6 is 0 Å². The van der Waals surface area contributed by atoms with E-state index < -0.39 is 6.04 Å². The number of hydrogen-bond donors (Lipinski definition) is 1. The van der Waals surface area contributed by atoms with Crippen LogP contribution in [0.5, 0.6) is 0 Å². The smallest absolute Gasteiger partial charge is 0.324 e. The van der Waals surface area contributed by atoms with Gasteiger partial charge in [0.2, 0.25) is 0 Å². The normalized spacial score (nSPS) is 20.3. The number of nitrogens with zero attached hydrogens (tertiary/aromatic N) is 1. The molecule has 0 saturated carbocycles. The molecule has 4 heteroatoms. The van der Waals surface area contributed by atoms with Gasteiger partial charge in [0.25, 0.3) is 0 Å². The summed E-state index contributed by atoms with van der Waals surface area (Å²) in [5.74, 6) is -0.144. The summed E-state index contributed by atoms with van der Waals surface area (Å²) in [4.78, 5) is 13.6. The molecule has 1 aliphatic heterocycles. The largest absolute Gasteiger partial charge is 0.448 e. The summed E-state index contributed by atoms with van der Waals surface area (Å²) < 4.78 is 5.17. The van der Waals surface area contributed by atoms with E-state index in [1.165, 1.54) is 19.3 Å². The second kappa shape index (κ2) is 6.08. The molecule has 1 fully saturated rings. The molecule has 0 spiro atoms. The maximum Gasteiger partial charge on any atom is 0.324 e. The average molecular weight is 214 g/mol. The summed E-state index contributed by atoms with van der Waals surface area (Å²) in [6, 6.07) is -0.491. The fraction of sp³-hybridized carbons (Fsp3) is 0.909. The third-order valence-corrected chi connectivity index (χ3v) is 2.83. The van der Waals surface area contributed by atoms with E-state index in [4.69, 9.17) is 10.5 Å². The molecule has 0 aliphatic carbocycles. The topological polar surface area (TPSA) is 55.6 Å². The zero-order valence-corrected chi connectivity index (χ0v) is 9.74. The van der Waals surface area contributed by atoms with Gasteiger partial charge in [-0.15, -0.1) is 0 Å². The van der Waals surface area contributed by atoms with Crippen LogP contribution in [0, 0.1) is 5.92 Å². The van der Waals surface area contributed by atoms with E-state index in [0.717, 1.165) is 13.1 Å². The molecule has 1 saturated heterocycles. The van der Waals surface area contributed by atoms with Crippen LogP contribution in [-0.2, 0) is 9.53 Å². The highest BCUT2D eigenvalue weighted by molar-refractivity contribution is 5.75. The van der Waals surface area contributed by atoms with Gasteiger partial charge in [0, 0.05) is 13.1 Å². The number of hydrogen-bond acceptors (Lipinski definition) is 4. The lowest BCUT2D eigenvalue weighted by molar-refractivity contribution is -0.151. The van der Waals surface area contributed by atoms with Crippen LogP contribution in [0.4, 0.5) is 0 Å². The summed E-state index contributed by atoms with van der Waals surface area (Å²) in [5, 5.41) is 0. The maximum absolute atomic E-state index is 11.5. The molecule has 0 aromatic rings. The fourth-order valence-corrected chi connectivity index (χ4v) is 1.61. The predicted octanol–water partition coefficient (Wildman–Crippen LogP) is 0.956. The summed E-state index contributed by atoms with van der Waals surface area (Å²) in [6.45, 7) is 6.31. The first-order valence-electron chi connectivity index (χ1n) is 5.76. The third kappa shape index (κ3) is 4.18. The molecule has 0 amide bonds. The molecule has 0 aromatic carbocycles. The van der Waals surface area contributed by atoms with Crippen LogP contribution in [-0.4, -0.2) is 36.7 Å². The molecular formula is C11H22N2O2. The van der Waals surface area contributed by atoms with E-state index in [1.54, 1.807) is 0 Å². The Hall–Kier alpha value is -0.610. The first-order chi connectivity index (χ1) is 7.11. The van der Waals surface area contributed by atoms with E-state index in [0.29, 0.717) is 6.73 Å². The zero-order chi connectivity index (χ0) is 11.3. The molecule has 0 unspecified atom stereocenters. The van der Waals surface area contributed by atoms with E-state index in [1.807, 2.05) is 13.8 Å². The van der Waals surface area contributed by atoms with Crippen molar-refractivity contribution in [3.05, 3.63) is 0 Å². The van der Waals surface area contributed by atoms with Gasteiger partial charge in [-0.25, -0.2) is 0 Å². The number of esters is 1. The van der Waals surface area contributed by atoms with Crippen molar-refractivity contribution in [3.8, 4) is 0 Å². The molecule has 4 nitrogen and oxygen atoms in total. The van der Waals surface area contributed by atoms with Gasteiger partial charge in [0.15, 0.2) is 0 Å². The number of carbonyl (C=O) groups is 1. The minimum atomic E-state index is -0.491. The van der Waals surface area contributed by atoms with Crippen molar-refractivity contribution in [1.82, 2.24) is 4.90 Å². The lowest BCUT2D eigenvalue weighted by atomic mass is 10.1. The summed E-state index contributed by atoms with van der Waals surface area (Å²) in [7, 11) is 0.